The number of benzene rings is 1. The molecule has 0 aromatic heterocycles. The van der Waals surface area contributed by atoms with E-state index in [1.54, 1.807) is 30.3 Å². The molecule has 0 amide bonds. The van der Waals surface area contributed by atoms with E-state index in [0.29, 0.717) is 11.1 Å². The molecule has 27 heavy (non-hydrogen) atoms. The quantitative estimate of drug-likeness (QED) is 0.189. The lowest BCUT2D eigenvalue weighted by atomic mass is 9.87. The first-order chi connectivity index (χ1) is 13.2. The summed E-state index contributed by atoms with van der Waals surface area (Å²) in [6.07, 6.45) is 14.3. The summed E-state index contributed by atoms with van der Waals surface area (Å²) in [4.78, 5) is 28.0. The summed E-state index contributed by atoms with van der Waals surface area (Å²) in [5.74, 6) is -0.658. The fraction of sp³-hybridized carbons (Fsp3) is 0.455. The predicted molar refractivity (Wildman–Crippen MR) is 108 cm³/mol. The second kappa shape index (κ2) is 11.1. The Hall–Kier alpha value is -2.65. The van der Waals surface area contributed by atoms with Crippen molar-refractivity contribution in [3.05, 3.63) is 69.3 Å². The van der Waals surface area contributed by atoms with Gasteiger partial charge in [0.1, 0.15) is 0 Å². The monoisotopic (exact) mass is 365 g/mol. The van der Waals surface area contributed by atoms with Crippen molar-refractivity contribution in [2.24, 2.45) is 5.11 Å². The smallest absolute Gasteiger partial charge is 0.196 e. The summed E-state index contributed by atoms with van der Waals surface area (Å²) in [6, 6.07) is 6.64. The van der Waals surface area contributed by atoms with Crippen molar-refractivity contribution in [2.45, 2.75) is 64.7 Å². The fourth-order valence-corrected chi connectivity index (χ4v) is 3.28. The Morgan fingerprint density at radius 1 is 0.926 bits per heavy atom. The van der Waals surface area contributed by atoms with Crippen molar-refractivity contribution in [1.29, 1.82) is 0 Å². The Bertz CT molecular complexity index is 787. The molecule has 1 aliphatic carbocycles. The third kappa shape index (κ3) is 5.66. The molecule has 0 bridgehead atoms. The summed E-state index contributed by atoms with van der Waals surface area (Å²) < 4.78 is 0. The molecule has 0 saturated heterocycles. The van der Waals surface area contributed by atoms with Crippen LogP contribution < -0.4 is 0 Å². The number of nitrogens with zero attached hydrogens (tertiary/aromatic N) is 3. The van der Waals surface area contributed by atoms with E-state index >= 15 is 0 Å². The van der Waals surface area contributed by atoms with Gasteiger partial charge in [-0.15, -0.1) is 0 Å². The normalized spacial score (nSPS) is 13.8. The van der Waals surface area contributed by atoms with Gasteiger partial charge in [-0.05, 0) is 18.4 Å². The van der Waals surface area contributed by atoms with E-state index in [9.17, 15) is 9.59 Å². The molecule has 5 heteroatoms. The molecule has 1 aromatic carbocycles. The van der Waals surface area contributed by atoms with Crippen molar-refractivity contribution in [2.75, 3.05) is 0 Å². The molecule has 0 heterocycles. The fourth-order valence-electron chi connectivity index (χ4n) is 3.28. The molecule has 5 nitrogen and oxygen atoms in total. The highest BCUT2D eigenvalue weighted by atomic mass is 16.1. The Morgan fingerprint density at radius 2 is 1.52 bits per heavy atom. The van der Waals surface area contributed by atoms with Crippen molar-refractivity contribution in [3.63, 3.8) is 0 Å². The first-order valence-corrected chi connectivity index (χ1v) is 9.85. The molecule has 1 aromatic rings. The summed E-state index contributed by atoms with van der Waals surface area (Å²) in [5.41, 5.74) is 9.52. The molecule has 142 valence electrons. The van der Waals surface area contributed by atoms with Gasteiger partial charge in [0.2, 0.25) is 0 Å². The van der Waals surface area contributed by atoms with E-state index < -0.39 is 5.78 Å². The molecule has 2 rings (SSSR count). The highest BCUT2D eigenvalue weighted by molar-refractivity contribution is 6.27. The maximum atomic E-state index is 12.7. The summed E-state index contributed by atoms with van der Waals surface area (Å²) in [6.45, 7) is 2.22. The second-order valence-corrected chi connectivity index (χ2v) is 6.82. The van der Waals surface area contributed by atoms with Gasteiger partial charge in [0.15, 0.2) is 11.6 Å². The standard InChI is InChI=1S/C22H27N3O2/c1-2-3-4-5-6-7-8-9-10-11-16-19-20(24-25-23)22(27)18-15-13-12-14-17(18)21(19)26/h11-16H,2-10H2,1H3/b16-11+. The van der Waals surface area contributed by atoms with Crippen molar-refractivity contribution >= 4 is 11.6 Å². The SMILES string of the molecule is CCCCCCCCCC/C=C/C1=C(N=[N+]=[N-])C(=O)c2ccccc2C1=O. The zero-order valence-corrected chi connectivity index (χ0v) is 16.0. The van der Waals surface area contributed by atoms with E-state index in [1.165, 1.54) is 38.5 Å². The van der Waals surface area contributed by atoms with Gasteiger partial charge in [0, 0.05) is 21.6 Å². The van der Waals surface area contributed by atoms with Crippen LogP contribution >= 0.6 is 0 Å². The highest BCUT2D eigenvalue weighted by Crippen LogP contribution is 2.28. The highest BCUT2D eigenvalue weighted by Gasteiger charge is 2.29. The minimum Gasteiger partial charge on any atom is -0.289 e. The molecule has 0 unspecified atom stereocenters. The molecular formula is C22H27N3O2. The van der Waals surface area contributed by atoms with Crippen LogP contribution in [0.1, 0.15) is 85.4 Å². The zero-order chi connectivity index (χ0) is 19.5. The summed E-state index contributed by atoms with van der Waals surface area (Å²) in [5, 5.41) is 3.50. The number of ketones is 2. The topological polar surface area (TPSA) is 82.9 Å². The Labute approximate surface area is 160 Å². The van der Waals surface area contributed by atoms with Gasteiger partial charge in [-0.25, -0.2) is 0 Å². The van der Waals surface area contributed by atoms with Crippen LogP contribution in [0.5, 0.6) is 0 Å². The average molecular weight is 365 g/mol. The first-order valence-electron chi connectivity index (χ1n) is 9.85. The van der Waals surface area contributed by atoms with Crippen LogP contribution in [0, 0.1) is 0 Å². The minimum absolute atomic E-state index is 0.103. The van der Waals surface area contributed by atoms with Crippen LogP contribution in [0.2, 0.25) is 0 Å². The lowest BCUT2D eigenvalue weighted by molar-refractivity contribution is 0.0976. The van der Waals surface area contributed by atoms with Gasteiger partial charge in [0.05, 0.1) is 5.70 Å². The molecule has 0 aliphatic heterocycles. The van der Waals surface area contributed by atoms with Crippen LogP contribution in [0.3, 0.4) is 0 Å². The number of azide groups is 1. The van der Waals surface area contributed by atoms with Crippen molar-refractivity contribution in [3.8, 4) is 0 Å². The summed E-state index contributed by atoms with van der Waals surface area (Å²) in [7, 11) is 0. The zero-order valence-electron chi connectivity index (χ0n) is 16.0. The molecule has 0 fully saturated rings. The lowest BCUT2D eigenvalue weighted by Gasteiger charge is -2.16. The van der Waals surface area contributed by atoms with Crippen LogP contribution in [-0.4, -0.2) is 11.6 Å². The molecule has 1 aliphatic rings. The number of Topliss-reactive ketones (excluding diaryl/α,β-unsaturated/α-hetero) is 2. The van der Waals surface area contributed by atoms with Crippen molar-refractivity contribution in [1.82, 2.24) is 0 Å². The molecule has 0 atom stereocenters. The molecular weight excluding hydrogens is 338 g/mol. The molecule has 0 radical (unpaired) electrons. The van der Waals surface area contributed by atoms with E-state index in [2.05, 4.69) is 16.9 Å². The number of unbranched alkanes of at least 4 members (excludes halogenated alkanes) is 8. The number of carbonyl (C=O) groups excluding carboxylic acids is 2. The molecule has 0 spiro atoms. The maximum Gasteiger partial charge on any atom is 0.196 e. The predicted octanol–water partition coefficient (Wildman–Crippen LogP) is 6.72. The number of carbonyl (C=O) groups is 2. The summed E-state index contributed by atoms with van der Waals surface area (Å²) >= 11 is 0. The average Bonchev–Trinajstić information content (AvgIpc) is 2.69. The number of hydrogen-bond acceptors (Lipinski definition) is 3. The van der Waals surface area contributed by atoms with E-state index in [0.717, 1.165) is 19.3 Å². The number of hydrogen-bond donors (Lipinski definition) is 0. The maximum absolute atomic E-state index is 12.7. The third-order valence-corrected chi connectivity index (χ3v) is 4.78. The number of fused-ring (bicyclic) bond motifs is 1. The van der Waals surface area contributed by atoms with Gasteiger partial charge < -0.3 is 0 Å². The van der Waals surface area contributed by atoms with Crippen LogP contribution in [0.15, 0.2) is 52.8 Å². The lowest BCUT2D eigenvalue weighted by Crippen LogP contribution is -2.20. The minimum atomic E-state index is -0.394. The van der Waals surface area contributed by atoms with E-state index in [-0.39, 0.29) is 17.1 Å². The Morgan fingerprint density at radius 3 is 2.15 bits per heavy atom. The Kier molecular flexibility index (Phi) is 8.53. The van der Waals surface area contributed by atoms with Crippen LogP contribution in [0.25, 0.3) is 10.4 Å². The van der Waals surface area contributed by atoms with Gasteiger partial charge >= 0.3 is 0 Å². The van der Waals surface area contributed by atoms with Gasteiger partial charge in [0.25, 0.3) is 0 Å². The largest absolute Gasteiger partial charge is 0.289 e. The van der Waals surface area contributed by atoms with Gasteiger partial charge in [-0.1, -0.05) is 93.4 Å². The Balaban J connectivity index is 1.94. The molecule has 0 saturated carbocycles. The van der Waals surface area contributed by atoms with E-state index in [1.807, 2.05) is 6.08 Å². The van der Waals surface area contributed by atoms with Crippen LogP contribution in [0.4, 0.5) is 0 Å². The third-order valence-electron chi connectivity index (χ3n) is 4.78. The molecule has 0 N–H and O–H groups in total. The van der Waals surface area contributed by atoms with Crippen molar-refractivity contribution < 1.29 is 9.59 Å². The second-order valence-electron chi connectivity index (χ2n) is 6.82. The van der Waals surface area contributed by atoms with E-state index in [4.69, 9.17) is 5.53 Å². The van der Waals surface area contributed by atoms with Crippen LogP contribution in [-0.2, 0) is 0 Å². The number of allylic oxidation sites excluding steroid dienone is 4. The van der Waals surface area contributed by atoms with Gasteiger partial charge in [-0.2, -0.15) is 0 Å². The first kappa shape index (κ1) is 20.7. The van der Waals surface area contributed by atoms with Gasteiger partial charge in [-0.3, -0.25) is 9.59 Å². The number of rotatable bonds is 11.